The number of benzene rings is 2. The van der Waals surface area contributed by atoms with Crippen LogP contribution in [0, 0.1) is 6.92 Å². The topological polar surface area (TPSA) is 18.5 Å². The van der Waals surface area contributed by atoms with Crippen LogP contribution in [0.5, 0.6) is 0 Å². The normalized spacial score (nSPS) is 25.8. The molecule has 0 spiro atoms. The second-order valence-corrected chi connectivity index (χ2v) is 14.0. The predicted molar refractivity (Wildman–Crippen MR) is 116 cm³/mol. The number of aryl methyl sites for hydroxylation is 1. The second-order valence-electron chi connectivity index (χ2n) is 7.61. The summed E-state index contributed by atoms with van der Waals surface area (Å²) in [5.41, 5.74) is 1.42. The zero-order valence-corrected chi connectivity index (χ0v) is 18.4. The first kappa shape index (κ1) is 19.6. The van der Waals surface area contributed by atoms with Crippen LogP contribution in [-0.2, 0) is 8.85 Å². The Hall–Kier alpha value is -1.21. The molecule has 2 unspecified atom stereocenters. The molecule has 2 aliphatic rings. The summed E-state index contributed by atoms with van der Waals surface area (Å²) in [6.07, 6.45) is 5.22. The predicted octanol–water partition coefficient (Wildman–Crippen LogP) is 4.02. The molecule has 4 rings (SSSR count). The van der Waals surface area contributed by atoms with E-state index in [-0.39, 0.29) is 0 Å². The van der Waals surface area contributed by atoms with Gasteiger partial charge in [0.05, 0.1) is 0 Å². The molecule has 2 nitrogen and oxygen atoms in total. The number of hydrogen-bond acceptors (Lipinski definition) is 2. The third-order valence-corrected chi connectivity index (χ3v) is 12.2. The first-order valence-electron chi connectivity index (χ1n) is 10.1. The monoisotopic (exact) mass is 384 g/mol. The maximum atomic E-state index is 5.99. The third-order valence-electron chi connectivity index (χ3n) is 5.57. The molecule has 0 aliphatic carbocycles. The summed E-state index contributed by atoms with van der Waals surface area (Å²) < 4.78 is 11.9. The summed E-state index contributed by atoms with van der Waals surface area (Å²) in [4.78, 5) is 0. The van der Waals surface area contributed by atoms with E-state index in [4.69, 9.17) is 8.85 Å². The first-order valence-corrected chi connectivity index (χ1v) is 14.5. The standard InChI is InChI=1S/2C11H16OSi/c1-10-6-2-3-7-11(10)13-9-5-4-8-12-13;1-13(10-6-5-9-12-13)11-7-3-2-4-8-11/h2-3,6-7,13H,4-5,8-9H2,1H3;2-4,7-8H,5-6,9-10H2,1H3. The van der Waals surface area contributed by atoms with Crippen molar-refractivity contribution < 1.29 is 8.85 Å². The van der Waals surface area contributed by atoms with Crippen LogP contribution in [0.2, 0.25) is 18.6 Å². The van der Waals surface area contributed by atoms with E-state index >= 15 is 0 Å². The van der Waals surface area contributed by atoms with E-state index in [9.17, 15) is 0 Å². The average Bonchev–Trinajstić information content (AvgIpc) is 2.71. The Morgan fingerprint density at radius 2 is 1.58 bits per heavy atom. The molecule has 2 aromatic rings. The SMILES string of the molecule is C[Si]1(c2ccccc2)CCCCO1.Cc1ccccc1[SiH]1CCCCO1. The molecule has 2 atom stereocenters. The molecule has 140 valence electrons. The lowest BCUT2D eigenvalue weighted by molar-refractivity contribution is 0.279. The molecule has 0 saturated carbocycles. The lowest BCUT2D eigenvalue weighted by Crippen LogP contribution is -2.49. The fourth-order valence-corrected chi connectivity index (χ4v) is 9.60. The molecule has 4 heteroatoms. The molecule has 0 bridgehead atoms. The Labute approximate surface area is 161 Å². The molecule has 2 aromatic carbocycles. The number of rotatable bonds is 2. The van der Waals surface area contributed by atoms with Gasteiger partial charge in [-0.3, -0.25) is 0 Å². The molecule has 26 heavy (non-hydrogen) atoms. The van der Waals surface area contributed by atoms with Crippen molar-refractivity contribution in [3.8, 4) is 0 Å². The van der Waals surface area contributed by atoms with Gasteiger partial charge in [0.25, 0.3) is 0 Å². The molecule has 0 amide bonds. The zero-order chi connectivity index (χ0) is 18.2. The van der Waals surface area contributed by atoms with Gasteiger partial charge in [-0.1, -0.05) is 67.4 Å². The van der Waals surface area contributed by atoms with Gasteiger partial charge >= 0.3 is 0 Å². The molecule has 2 aliphatic heterocycles. The van der Waals surface area contributed by atoms with Crippen LogP contribution in [0.15, 0.2) is 54.6 Å². The second kappa shape index (κ2) is 9.65. The highest BCUT2D eigenvalue weighted by Crippen LogP contribution is 2.21. The Kier molecular flexibility index (Phi) is 7.26. The Bertz CT molecular complexity index is 663. The van der Waals surface area contributed by atoms with Crippen molar-refractivity contribution in [2.75, 3.05) is 13.2 Å². The van der Waals surface area contributed by atoms with Crippen molar-refractivity contribution >= 4 is 27.7 Å². The third kappa shape index (κ3) is 5.16. The molecule has 0 N–H and O–H groups in total. The minimum absolute atomic E-state index is 0.970. The van der Waals surface area contributed by atoms with Crippen LogP contribution in [0.25, 0.3) is 0 Å². The summed E-state index contributed by atoms with van der Waals surface area (Å²) in [6, 6.07) is 22.0. The smallest absolute Gasteiger partial charge is 0.221 e. The van der Waals surface area contributed by atoms with E-state index in [1.165, 1.54) is 53.7 Å². The van der Waals surface area contributed by atoms with Gasteiger partial charge in [-0.25, -0.2) is 0 Å². The maximum Gasteiger partial charge on any atom is 0.221 e. The van der Waals surface area contributed by atoms with E-state index in [2.05, 4.69) is 68.1 Å². The van der Waals surface area contributed by atoms with Gasteiger partial charge in [0.2, 0.25) is 17.4 Å². The largest absolute Gasteiger partial charge is 0.415 e. The van der Waals surface area contributed by atoms with Crippen LogP contribution in [0.4, 0.5) is 0 Å². The quantitative estimate of drug-likeness (QED) is 0.728. The van der Waals surface area contributed by atoms with Crippen LogP contribution in [-0.4, -0.2) is 30.6 Å². The lowest BCUT2D eigenvalue weighted by atomic mass is 10.2. The fraction of sp³-hybridized carbons (Fsp3) is 0.455. The van der Waals surface area contributed by atoms with E-state index in [0.29, 0.717) is 0 Å². The molecule has 2 saturated heterocycles. The highest BCUT2D eigenvalue weighted by Gasteiger charge is 2.33. The Balaban J connectivity index is 0.000000151. The minimum atomic E-state index is -1.51. The maximum absolute atomic E-state index is 5.99. The highest BCUT2D eigenvalue weighted by molar-refractivity contribution is 6.85. The van der Waals surface area contributed by atoms with E-state index < -0.39 is 17.4 Å². The molecule has 0 aromatic heterocycles. The van der Waals surface area contributed by atoms with Crippen LogP contribution >= 0.6 is 0 Å². The average molecular weight is 385 g/mol. The Morgan fingerprint density at radius 3 is 2.23 bits per heavy atom. The molecular formula is C22H32O2Si2. The van der Waals surface area contributed by atoms with E-state index in [1.807, 2.05) is 0 Å². The van der Waals surface area contributed by atoms with Crippen molar-refractivity contribution in [3.05, 3.63) is 60.2 Å². The summed E-state index contributed by atoms with van der Waals surface area (Å²) in [5, 5.41) is 2.97. The van der Waals surface area contributed by atoms with Gasteiger partial charge in [0.15, 0.2) is 0 Å². The van der Waals surface area contributed by atoms with Gasteiger partial charge in [-0.2, -0.15) is 0 Å². The van der Waals surface area contributed by atoms with Gasteiger partial charge in [-0.15, -0.1) is 0 Å². The summed E-state index contributed by atoms with van der Waals surface area (Å²) in [5.74, 6) is 0. The number of hydrogen-bond donors (Lipinski definition) is 0. The van der Waals surface area contributed by atoms with Crippen molar-refractivity contribution in [1.29, 1.82) is 0 Å². The van der Waals surface area contributed by atoms with Gasteiger partial charge in [0.1, 0.15) is 0 Å². The molecule has 0 radical (unpaired) electrons. The fourth-order valence-electron chi connectivity index (χ4n) is 3.89. The van der Waals surface area contributed by atoms with Crippen molar-refractivity contribution in [2.45, 2.75) is 51.2 Å². The molecule has 2 heterocycles. The molecular weight excluding hydrogens is 352 g/mol. The van der Waals surface area contributed by atoms with Crippen molar-refractivity contribution in [3.63, 3.8) is 0 Å². The van der Waals surface area contributed by atoms with Crippen LogP contribution in [0.3, 0.4) is 0 Å². The molecule has 2 fully saturated rings. The van der Waals surface area contributed by atoms with E-state index in [1.54, 1.807) is 0 Å². The van der Waals surface area contributed by atoms with Crippen molar-refractivity contribution in [2.24, 2.45) is 0 Å². The van der Waals surface area contributed by atoms with Crippen LogP contribution in [0.1, 0.15) is 31.2 Å². The minimum Gasteiger partial charge on any atom is -0.415 e. The Morgan fingerprint density at radius 1 is 0.846 bits per heavy atom. The van der Waals surface area contributed by atoms with Gasteiger partial charge in [0, 0.05) is 13.2 Å². The van der Waals surface area contributed by atoms with Gasteiger partial charge < -0.3 is 8.85 Å². The summed E-state index contributed by atoms with van der Waals surface area (Å²) in [6.45, 7) is 6.49. The summed E-state index contributed by atoms with van der Waals surface area (Å²) in [7, 11) is -2.54. The van der Waals surface area contributed by atoms with Crippen molar-refractivity contribution in [1.82, 2.24) is 0 Å². The van der Waals surface area contributed by atoms with Gasteiger partial charge in [-0.05, 0) is 54.3 Å². The highest BCUT2D eigenvalue weighted by atomic mass is 28.4. The van der Waals surface area contributed by atoms with E-state index in [0.717, 1.165) is 13.2 Å². The zero-order valence-electron chi connectivity index (χ0n) is 16.2. The van der Waals surface area contributed by atoms with Crippen LogP contribution < -0.4 is 10.4 Å². The lowest BCUT2D eigenvalue weighted by Gasteiger charge is -2.31. The summed E-state index contributed by atoms with van der Waals surface area (Å²) >= 11 is 0. The first-order chi connectivity index (χ1) is 12.7.